The van der Waals surface area contributed by atoms with E-state index >= 15 is 0 Å². The molecule has 9 nitrogen and oxygen atoms in total. The van der Waals surface area contributed by atoms with E-state index in [1.54, 1.807) is 16.7 Å². The smallest absolute Gasteiger partial charge is 0.229 e. The number of nitrogens with zero attached hydrogens (tertiary/aromatic N) is 6. The van der Waals surface area contributed by atoms with Gasteiger partial charge < -0.3 is 19.9 Å². The molecule has 1 fully saturated rings. The van der Waals surface area contributed by atoms with Crippen molar-refractivity contribution in [3.05, 3.63) is 66.0 Å². The molecule has 4 heterocycles. The van der Waals surface area contributed by atoms with Gasteiger partial charge in [0.15, 0.2) is 28.6 Å². The van der Waals surface area contributed by atoms with Crippen LogP contribution >= 0.6 is 0 Å². The molecule has 0 aliphatic carbocycles. The van der Waals surface area contributed by atoms with E-state index in [1.165, 1.54) is 24.5 Å². The third-order valence-electron chi connectivity index (χ3n) is 5.61. The van der Waals surface area contributed by atoms with Gasteiger partial charge in [0.05, 0.1) is 33.7 Å². The summed E-state index contributed by atoms with van der Waals surface area (Å²) in [5.41, 5.74) is 0.823. The second kappa shape index (κ2) is 8.55. The second-order valence-electron chi connectivity index (χ2n) is 7.83. The van der Waals surface area contributed by atoms with E-state index in [4.69, 9.17) is 7.48 Å². The van der Waals surface area contributed by atoms with Gasteiger partial charge in [-0.05, 0) is 30.3 Å². The molecule has 1 aliphatic rings. The predicted octanol–water partition coefficient (Wildman–Crippen LogP) is 3.56. The monoisotopic (exact) mass is 482 g/mol. The van der Waals surface area contributed by atoms with Crippen molar-refractivity contribution in [3.63, 3.8) is 0 Å². The van der Waals surface area contributed by atoms with Crippen LogP contribution in [0.1, 0.15) is 8.57 Å². The lowest BCUT2D eigenvalue weighted by atomic mass is 10.3. The minimum Gasteiger partial charge on any atom is -0.378 e. The Morgan fingerprint density at radius 1 is 1.06 bits per heavy atom. The first-order chi connectivity index (χ1) is 17.8. The van der Waals surface area contributed by atoms with Crippen LogP contribution in [0.3, 0.4) is 0 Å². The zero-order chi connectivity index (χ0) is 25.7. The maximum absolute atomic E-state index is 14.2. The zero-order valence-electron chi connectivity index (χ0n) is 20.1. The molecular weight excluding hydrogens is 461 g/mol. The number of halogens is 3. The fourth-order valence-corrected chi connectivity index (χ4v) is 3.89. The highest BCUT2D eigenvalue weighted by Gasteiger charge is 2.20. The number of imidazole rings is 2. The first-order valence-corrected chi connectivity index (χ1v) is 10.8. The quantitative estimate of drug-likeness (QED) is 0.395. The van der Waals surface area contributed by atoms with Gasteiger partial charge >= 0.3 is 0 Å². The number of nitrogens with one attached hydrogen (secondary N) is 2. The first-order valence-electron chi connectivity index (χ1n) is 11.8. The summed E-state index contributed by atoms with van der Waals surface area (Å²) in [6, 6.07) is 8.11. The Balaban J connectivity index is 1.47. The van der Waals surface area contributed by atoms with E-state index < -0.39 is 23.9 Å². The fourth-order valence-electron chi connectivity index (χ4n) is 3.89. The zero-order valence-corrected chi connectivity index (χ0v) is 18.1. The van der Waals surface area contributed by atoms with Crippen molar-refractivity contribution in [2.75, 3.05) is 36.5 Å². The van der Waals surface area contributed by atoms with E-state index in [-0.39, 0.29) is 28.2 Å². The molecule has 12 heteroatoms. The van der Waals surface area contributed by atoms with Crippen LogP contribution < -0.4 is 10.2 Å². The van der Waals surface area contributed by atoms with Crippen molar-refractivity contribution in [1.82, 2.24) is 29.5 Å². The maximum atomic E-state index is 14.2. The van der Waals surface area contributed by atoms with Crippen LogP contribution in [0.2, 0.25) is 0 Å². The molecule has 178 valence electrons. The van der Waals surface area contributed by atoms with Crippen LogP contribution in [-0.2, 0) is 11.2 Å². The van der Waals surface area contributed by atoms with Gasteiger partial charge in [-0.2, -0.15) is 9.97 Å². The molecule has 2 aromatic carbocycles. The first kappa shape index (κ1) is 19.2. The number of anilines is 2. The van der Waals surface area contributed by atoms with Crippen LogP contribution in [0.15, 0.2) is 42.7 Å². The molecule has 0 saturated carbocycles. The summed E-state index contributed by atoms with van der Waals surface area (Å²) in [5, 5.41) is 2.69. The number of hydrogen-bond acceptors (Lipinski definition) is 7. The highest BCUT2D eigenvalue weighted by Crippen LogP contribution is 2.26. The molecule has 0 bridgehead atoms. The summed E-state index contributed by atoms with van der Waals surface area (Å²) in [5.74, 6) is -2.65. The summed E-state index contributed by atoms with van der Waals surface area (Å²) >= 11 is 0. The molecule has 5 aromatic rings. The summed E-state index contributed by atoms with van der Waals surface area (Å²) in [7, 11) is 0. The number of H-pyrrole nitrogens is 1. The third-order valence-corrected chi connectivity index (χ3v) is 5.61. The van der Waals surface area contributed by atoms with Crippen LogP contribution in [0, 0.1) is 17.5 Å². The van der Waals surface area contributed by atoms with E-state index in [1.807, 2.05) is 4.90 Å². The molecule has 0 unspecified atom stereocenters. The topological polar surface area (TPSA) is 96.8 Å². The number of benzene rings is 2. The minimum absolute atomic E-state index is 0.0405. The van der Waals surface area contributed by atoms with Crippen LogP contribution in [0.5, 0.6) is 0 Å². The van der Waals surface area contributed by atoms with Crippen molar-refractivity contribution in [2.24, 2.45) is 0 Å². The number of ether oxygens (including phenoxy) is 1. The highest BCUT2D eigenvalue weighted by molar-refractivity contribution is 5.85. The predicted molar refractivity (Wildman–Crippen MR) is 123 cm³/mol. The van der Waals surface area contributed by atoms with Gasteiger partial charge in [0.1, 0.15) is 23.5 Å². The van der Waals surface area contributed by atoms with Crippen LogP contribution in [-0.4, -0.2) is 55.8 Å². The number of rotatable bonds is 5. The Kier molecular flexibility index (Phi) is 4.68. The number of hydrogen-bond donors (Lipinski definition) is 2. The molecule has 1 aliphatic heterocycles. The van der Waals surface area contributed by atoms with Gasteiger partial charge in [0.2, 0.25) is 5.95 Å². The highest BCUT2D eigenvalue weighted by atomic mass is 19.2. The van der Waals surface area contributed by atoms with Gasteiger partial charge in [-0.15, -0.1) is 0 Å². The van der Waals surface area contributed by atoms with Gasteiger partial charge in [-0.1, -0.05) is 6.07 Å². The molecule has 3 aromatic heterocycles. The molecular formula is C23H19F3N8O. The Morgan fingerprint density at radius 2 is 1.91 bits per heavy atom. The van der Waals surface area contributed by atoms with Crippen molar-refractivity contribution >= 4 is 34.0 Å². The lowest BCUT2D eigenvalue weighted by Gasteiger charge is -2.27. The van der Waals surface area contributed by atoms with Gasteiger partial charge in [-0.3, -0.25) is 4.57 Å². The average molecular weight is 482 g/mol. The largest absolute Gasteiger partial charge is 0.378 e. The Morgan fingerprint density at radius 3 is 2.74 bits per heavy atom. The normalized spacial score (nSPS) is 15.5. The molecule has 2 N–H and O–H groups in total. The number of morpholine rings is 1. The number of fused-ring (bicyclic) bond motifs is 2. The van der Waals surface area contributed by atoms with Crippen molar-refractivity contribution < 1.29 is 20.6 Å². The molecule has 0 amide bonds. The summed E-state index contributed by atoms with van der Waals surface area (Å²) in [6.45, 7) is -0.431. The van der Waals surface area contributed by atoms with E-state index in [0.29, 0.717) is 43.6 Å². The third kappa shape index (κ3) is 3.91. The van der Waals surface area contributed by atoms with Crippen LogP contribution in [0.25, 0.3) is 27.9 Å². The van der Waals surface area contributed by atoms with Gasteiger partial charge in [0.25, 0.3) is 0 Å². The number of aromatic amines is 1. The summed E-state index contributed by atoms with van der Waals surface area (Å²) < 4.78 is 66.0. The van der Waals surface area contributed by atoms with Crippen molar-refractivity contribution in [2.45, 2.75) is 6.50 Å². The van der Waals surface area contributed by atoms with Gasteiger partial charge in [-0.25, -0.2) is 23.1 Å². The summed E-state index contributed by atoms with van der Waals surface area (Å²) in [4.78, 5) is 22.1. The van der Waals surface area contributed by atoms with Gasteiger partial charge in [0, 0.05) is 13.1 Å². The Bertz CT molecular complexity index is 1630. The molecule has 0 atom stereocenters. The molecule has 1 saturated heterocycles. The van der Waals surface area contributed by atoms with Crippen LogP contribution in [0.4, 0.5) is 24.9 Å². The molecule has 35 heavy (non-hydrogen) atoms. The molecule has 0 spiro atoms. The second-order valence-corrected chi connectivity index (χ2v) is 7.83. The van der Waals surface area contributed by atoms with Crippen molar-refractivity contribution in [1.29, 1.82) is 0 Å². The Labute approximate surface area is 199 Å². The molecule has 0 radical (unpaired) electrons. The maximum Gasteiger partial charge on any atom is 0.229 e. The van der Waals surface area contributed by atoms with Crippen molar-refractivity contribution in [3.8, 4) is 5.69 Å². The minimum atomic E-state index is -2.39. The summed E-state index contributed by atoms with van der Waals surface area (Å²) in [6.07, 6.45) is 1.44. The van der Waals surface area contributed by atoms with E-state index in [2.05, 4.69) is 30.2 Å². The fraction of sp³-hybridized carbons (Fsp3) is 0.217. The SMILES string of the molecule is [2H]C([2H])(Nc1nc(N2CCOCC2)nc2c1ncn2-c1cccc(F)c1)c1nc2c(F)c(F)ccc2[nH]1. The standard InChI is InChI=1S/C23H19F3N8O/c24-13-2-1-3-14(10-13)34-12-28-20-21(31-23(32-22(20)34)33-6-8-35-9-7-33)27-11-17-29-16-5-4-15(25)18(26)19(16)30-17/h1-5,10,12H,6-9,11H2,(H,29,30)(H,27,31,32)/i11D2. The lowest BCUT2D eigenvalue weighted by Crippen LogP contribution is -2.37. The molecule has 6 rings (SSSR count). The van der Waals surface area contributed by atoms with E-state index in [9.17, 15) is 13.2 Å². The Hall–Kier alpha value is -4.19. The van der Waals surface area contributed by atoms with E-state index in [0.717, 1.165) is 6.07 Å². The number of aromatic nitrogens is 6. The lowest BCUT2D eigenvalue weighted by molar-refractivity contribution is 0.122. The average Bonchev–Trinajstić information content (AvgIpc) is 3.52.